The minimum absolute atomic E-state index is 0.287. The van der Waals surface area contributed by atoms with Crippen LogP contribution in [0.15, 0.2) is 40.9 Å². The largest absolute Gasteiger partial charge is 0.492 e. The predicted molar refractivity (Wildman–Crippen MR) is 84.3 cm³/mol. The maximum atomic E-state index is 13.8. The van der Waals surface area contributed by atoms with Gasteiger partial charge in [-0.1, -0.05) is 12.1 Å². The van der Waals surface area contributed by atoms with Gasteiger partial charge < -0.3 is 10.5 Å². The molecule has 0 atom stereocenters. The van der Waals surface area contributed by atoms with Gasteiger partial charge in [-0.15, -0.1) is 0 Å². The van der Waals surface area contributed by atoms with Crippen molar-refractivity contribution in [1.82, 2.24) is 9.55 Å². The minimum Gasteiger partial charge on any atom is -0.492 e. The van der Waals surface area contributed by atoms with E-state index in [4.69, 9.17) is 10.5 Å². The van der Waals surface area contributed by atoms with Gasteiger partial charge in [-0.2, -0.15) is 0 Å². The fraction of sp³-hybridized carbons (Fsp3) is 0.133. The van der Waals surface area contributed by atoms with Crippen molar-refractivity contribution in [3.05, 3.63) is 46.7 Å². The number of hydrogen-bond donors (Lipinski definition) is 1. The lowest BCUT2D eigenvalue weighted by Gasteiger charge is -2.12. The fourth-order valence-electron chi connectivity index (χ4n) is 2.26. The summed E-state index contributed by atoms with van der Waals surface area (Å²) in [6, 6.07) is 10.5. The van der Waals surface area contributed by atoms with Crippen LogP contribution in [0.25, 0.3) is 16.7 Å². The molecule has 1 aromatic heterocycles. The molecule has 0 fully saturated rings. The lowest BCUT2D eigenvalue weighted by atomic mass is 10.2. The Labute approximate surface area is 129 Å². The first-order valence-corrected chi connectivity index (χ1v) is 7.26. The van der Waals surface area contributed by atoms with Crippen molar-refractivity contribution >= 4 is 32.9 Å². The maximum absolute atomic E-state index is 13.8. The van der Waals surface area contributed by atoms with Crippen LogP contribution in [0.1, 0.15) is 6.92 Å². The summed E-state index contributed by atoms with van der Waals surface area (Å²) in [4.78, 5) is 4.28. The molecular formula is C15H13BrFN3O. The smallest absolute Gasteiger partial charge is 0.206 e. The molecule has 3 rings (SSSR count). The third-order valence-corrected chi connectivity index (χ3v) is 3.74. The van der Waals surface area contributed by atoms with Gasteiger partial charge >= 0.3 is 0 Å². The predicted octanol–water partition coefficient (Wildman–Crippen LogP) is 3.91. The molecule has 0 bridgehead atoms. The second kappa shape index (κ2) is 5.37. The first-order chi connectivity index (χ1) is 10.1. The molecule has 2 N–H and O–H groups in total. The van der Waals surface area contributed by atoms with Crippen LogP contribution in [0.4, 0.5) is 10.3 Å². The van der Waals surface area contributed by atoms with Gasteiger partial charge in [0.15, 0.2) is 0 Å². The van der Waals surface area contributed by atoms with Crippen molar-refractivity contribution in [1.29, 1.82) is 0 Å². The Morgan fingerprint density at radius 3 is 2.86 bits per heavy atom. The third-order valence-electron chi connectivity index (χ3n) is 3.13. The normalized spacial score (nSPS) is 11.0. The molecule has 21 heavy (non-hydrogen) atoms. The molecular weight excluding hydrogens is 337 g/mol. The molecule has 0 unspecified atom stereocenters. The van der Waals surface area contributed by atoms with Crippen molar-refractivity contribution in [2.45, 2.75) is 6.92 Å². The summed E-state index contributed by atoms with van der Waals surface area (Å²) >= 11 is 3.16. The molecule has 0 radical (unpaired) electrons. The summed E-state index contributed by atoms with van der Waals surface area (Å²) in [6.07, 6.45) is 0. The topological polar surface area (TPSA) is 53.1 Å². The number of benzene rings is 2. The molecule has 0 amide bonds. The van der Waals surface area contributed by atoms with Crippen LogP contribution >= 0.6 is 15.9 Å². The Morgan fingerprint density at radius 2 is 2.10 bits per heavy atom. The van der Waals surface area contributed by atoms with E-state index in [1.165, 1.54) is 6.07 Å². The van der Waals surface area contributed by atoms with E-state index in [-0.39, 0.29) is 11.8 Å². The van der Waals surface area contributed by atoms with Crippen LogP contribution in [-0.2, 0) is 0 Å². The lowest BCUT2D eigenvalue weighted by molar-refractivity contribution is 0.339. The molecule has 6 heteroatoms. The molecule has 4 nitrogen and oxygen atoms in total. The Bertz CT molecular complexity index is 816. The van der Waals surface area contributed by atoms with Gasteiger partial charge in [-0.05, 0) is 41.1 Å². The summed E-state index contributed by atoms with van der Waals surface area (Å²) in [7, 11) is 0. The molecule has 1 heterocycles. The summed E-state index contributed by atoms with van der Waals surface area (Å²) in [5.74, 6) is 0.599. The van der Waals surface area contributed by atoms with Crippen molar-refractivity contribution < 1.29 is 9.13 Å². The van der Waals surface area contributed by atoms with Crippen LogP contribution in [0.5, 0.6) is 5.75 Å². The summed E-state index contributed by atoms with van der Waals surface area (Å²) in [5, 5.41) is 0. The van der Waals surface area contributed by atoms with E-state index < -0.39 is 0 Å². The highest BCUT2D eigenvalue weighted by atomic mass is 79.9. The maximum Gasteiger partial charge on any atom is 0.206 e. The van der Waals surface area contributed by atoms with E-state index in [0.717, 1.165) is 5.69 Å². The zero-order valence-corrected chi connectivity index (χ0v) is 12.9. The van der Waals surface area contributed by atoms with Crippen molar-refractivity contribution in [2.75, 3.05) is 12.3 Å². The minimum atomic E-state index is -0.363. The average molecular weight is 350 g/mol. The van der Waals surface area contributed by atoms with E-state index in [1.807, 2.05) is 31.2 Å². The molecule has 2 aromatic carbocycles. The van der Waals surface area contributed by atoms with Gasteiger partial charge in [-0.3, -0.25) is 4.57 Å². The number of hydrogen-bond acceptors (Lipinski definition) is 3. The van der Waals surface area contributed by atoms with E-state index in [9.17, 15) is 4.39 Å². The standard InChI is InChI=1S/C15H13BrFN3O/c1-2-21-14-6-4-3-5-12(14)20-13-8-10(17)9(16)7-11(13)19-15(20)18/h3-8H,2H2,1H3,(H2,18,19). The second-order valence-corrected chi connectivity index (χ2v) is 5.32. The van der Waals surface area contributed by atoms with E-state index in [0.29, 0.717) is 27.9 Å². The van der Waals surface area contributed by atoms with Crippen LogP contribution < -0.4 is 10.5 Å². The van der Waals surface area contributed by atoms with Crippen LogP contribution in [-0.4, -0.2) is 16.2 Å². The molecule has 0 saturated heterocycles. The van der Waals surface area contributed by atoms with Gasteiger partial charge in [0.05, 0.1) is 27.8 Å². The molecule has 0 aliphatic rings. The van der Waals surface area contributed by atoms with Crippen molar-refractivity contribution in [3.8, 4) is 11.4 Å². The zero-order valence-electron chi connectivity index (χ0n) is 11.3. The van der Waals surface area contributed by atoms with Crippen LogP contribution in [0, 0.1) is 5.82 Å². The number of aromatic nitrogens is 2. The summed E-state index contributed by atoms with van der Waals surface area (Å²) < 4.78 is 21.5. The SMILES string of the molecule is CCOc1ccccc1-n1c(N)nc2cc(Br)c(F)cc21. The molecule has 0 aliphatic carbocycles. The first-order valence-electron chi connectivity index (χ1n) is 6.47. The zero-order chi connectivity index (χ0) is 15.0. The number of rotatable bonds is 3. The van der Waals surface area contributed by atoms with Crippen molar-refractivity contribution in [3.63, 3.8) is 0 Å². The number of ether oxygens (including phenoxy) is 1. The van der Waals surface area contributed by atoms with Gasteiger partial charge in [-0.25, -0.2) is 9.37 Å². The highest BCUT2D eigenvalue weighted by molar-refractivity contribution is 9.10. The number of nitrogens with two attached hydrogens (primary N) is 1. The molecule has 0 saturated carbocycles. The van der Waals surface area contributed by atoms with Gasteiger partial charge in [0, 0.05) is 6.07 Å². The van der Waals surface area contributed by atoms with E-state index >= 15 is 0 Å². The highest BCUT2D eigenvalue weighted by Crippen LogP contribution is 2.31. The number of anilines is 1. The van der Waals surface area contributed by atoms with Gasteiger partial charge in [0.1, 0.15) is 11.6 Å². The Kier molecular flexibility index (Phi) is 3.55. The van der Waals surface area contributed by atoms with Crippen LogP contribution in [0.3, 0.4) is 0 Å². The van der Waals surface area contributed by atoms with Crippen LogP contribution in [0.2, 0.25) is 0 Å². The molecule has 108 valence electrons. The quantitative estimate of drug-likeness (QED) is 0.779. The fourth-order valence-corrected chi connectivity index (χ4v) is 2.60. The third kappa shape index (κ3) is 2.35. The average Bonchev–Trinajstić information content (AvgIpc) is 2.76. The Hall–Kier alpha value is -2.08. The second-order valence-electron chi connectivity index (χ2n) is 4.46. The Balaban J connectivity index is 2.30. The number of nitrogens with zero attached hydrogens (tertiary/aromatic N) is 2. The molecule has 0 spiro atoms. The lowest BCUT2D eigenvalue weighted by Crippen LogP contribution is -2.04. The van der Waals surface area contributed by atoms with E-state index in [1.54, 1.807) is 10.6 Å². The summed E-state index contributed by atoms with van der Waals surface area (Å²) in [6.45, 7) is 2.44. The number of nitrogen functional groups attached to an aromatic ring is 1. The first kappa shape index (κ1) is 13.9. The van der Waals surface area contributed by atoms with E-state index in [2.05, 4.69) is 20.9 Å². The number of fused-ring (bicyclic) bond motifs is 1. The molecule has 3 aromatic rings. The summed E-state index contributed by atoms with van der Waals surface area (Å²) in [5.41, 5.74) is 7.96. The van der Waals surface area contributed by atoms with Crippen molar-refractivity contribution in [2.24, 2.45) is 0 Å². The van der Waals surface area contributed by atoms with Gasteiger partial charge in [0.2, 0.25) is 5.95 Å². The molecule has 0 aliphatic heterocycles. The monoisotopic (exact) mass is 349 g/mol. The Morgan fingerprint density at radius 1 is 1.33 bits per heavy atom. The number of imidazole rings is 1. The highest BCUT2D eigenvalue weighted by Gasteiger charge is 2.15. The number of para-hydroxylation sites is 2. The number of halogens is 2. The van der Waals surface area contributed by atoms with Gasteiger partial charge in [0.25, 0.3) is 0 Å².